The molecule has 3 rings (SSSR count). The van der Waals surface area contributed by atoms with Crippen LogP contribution < -0.4 is 0 Å². The summed E-state index contributed by atoms with van der Waals surface area (Å²) in [6.07, 6.45) is -0.769. The predicted molar refractivity (Wildman–Crippen MR) is 113 cm³/mol. The van der Waals surface area contributed by atoms with Gasteiger partial charge in [-0.05, 0) is 38.5 Å². The number of hydrogen-bond donors (Lipinski definition) is 2. The number of aliphatic hydroxyl groups excluding tert-OH is 1. The van der Waals surface area contributed by atoms with E-state index in [2.05, 4.69) is 0 Å². The Hall–Kier alpha value is -3.65. The van der Waals surface area contributed by atoms with E-state index in [-0.39, 0.29) is 33.3 Å². The summed E-state index contributed by atoms with van der Waals surface area (Å²) in [7, 11) is 1.18. The van der Waals surface area contributed by atoms with Crippen LogP contribution in [0.25, 0.3) is 22.2 Å². The zero-order valence-corrected chi connectivity index (χ0v) is 17.6. The minimum Gasteiger partial charge on any atom is -0.478 e. The molecule has 0 aliphatic carbocycles. The highest BCUT2D eigenvalue weighted by molar-refractivity contribution is 6.12. The van der Waals surface area contributed by atoms with Crippen molar-refractivity contribution in [1.29, 1.82) is 0 Å². The van der Waals surface area contributed by atoms with Crippen LogP contribution in [-0.4, -0.2) is 45.5 Å². The van der Waals surface area contributed by atoms with Gasteiger partial charge in [-0.2, -0.15) is 0 Å². The van der Waals surface area contributed by atoms with Crippen LogP contribution in [-0.2, 0) is 16.1 Å². The SMILES string of the molecule is COC(=O)c1cc(C(=O)O)c2c(CO)c(-c3ccccc3)n(C(=O)OC(C)(C)C)c2c1. The van der Waals surface area contributed by atoms with Gasteiger partial charge in [0.1, 0.15) is 5.60 Å². The molecule has 0 unspecified atom stereocenters. The Morgan fingerprint density at radius 1 is 1.06 bits per heavy atom. The molecule has 0 bridgehead atoms. The largest absolute Gasteiger partial charge is 0.478 e. The number of carboxylic acid groups (broad SMARTS) is 1. The third-order valence-corrected chi connectivity index (χ3v) is 4.60. The van der Waals surface area contributed by atoms with Crippen molar-refractivity contribution in [2.24, 2.45) is 0 Å². The van der Waals surface area contributed by atoms with Crippen LogP contribution in [0.4, 0.5) is 4.79 Å². The van der Waals surface area contributed by atoms with Crippen molar-refractivity contribution in [2.75, 3.05) is 7.11 Å². The van der Waals surface area contributed by atoms with Gasteiger partial charge < -0.3 is 19.7 Å². The van der Waals surface area contributed by atoms with Crippen molar-refractivity contribution >= 4 is 28.9 Å². The lowest BCUT2D eigenvalue weighted by Crippen LogP contribution is -2.27. The van der Waals surface area contributed by atoms with E-state index >= 15 is 0 Å². The van der Waals surface area contributed by atoms with Crippen LogP contribution in [0.2, 0.25) is 0 Å². The van der Waals surface area contributed by atoms with Gasteiger partial charge in [0, 0.05) is 10.9 Å². The monoisotopic (exact) mass is 425 g/mol. The number of aromatic nitrogens is 1. The lowest BCUT2D eigenvalue weighted by Gasteiger charge is -2.21. The number of fused-ring (bicyclic) bond motifs is 1. The Morgan fingerprint density at radius 3 is 2.23 bits per heavy atom. The first-order valence-corrected chi connectivity index (χ1v) is 9.51. The van der Waals surface area contributed by atoms with E-state index in [0.29, 0.717) is 5.56 Å². The molecule has 3 aromatic rings. The fourth-order valence-electron chi connectivity index (χ4n) is 3.45. The molecule has 0 amide bonds. The van der Waals surface area contributed by atoms with E-state index in [1.807, 2.05) is 0 Å². The number of aliphatic hydroxyl groups is 1. The normalized spacial score (nSPS) is 11.4. The molecule has 2 N–H and O–H groups in total. The Morgan fingerprint density at radius 2 is 1.71 bits per heavy atom. The average molecular weight is 425 g/mol. The first-order valence-electron chi connectivity index (χ1n) is 9.51. The molecule has 8 heteroatoms. The molecule has 2 aromatic carbocycles. The van der Waals surface area contributed by atoms with Gasteiger partial charge in [-0.25, -0.2) is 19.0 Å². The van der Waals surface area contributed by atoms with Gasteiger partial charge >= 0.3 is 18.0 Å². The molecule has 0 saturated heterocycles. The molecule has 0 aliphatic rings. The summed E-state index contributed by atoms with van der Waals surface area (Å²) in [5.41, 5.74) is 0.108. The van der Waals surface area contributed by atoms with Gasteiger partial charge in [-0.15, -0.1) is 0 Å². The van der Waals surface area contributed by atoms with Gasteiger partial charge in [0.25, 0.3) is 0 Å². The quantitative estimate of drug-likeness (QED) is 0.606. The number of nitrogens with zero attached hydrogens (tertiary/aromatic N) is 1. The Balaban J connectivity index is 2.51. The van der Waals surface area contributed by atoms with Gasteiger partial charge in [0.05, 0.1) is 36.1 Å². The van der Waals surface area contributed by atoms with Crippen molar-refractivity contribution in [3.05, 3.63) is 59.2 Å². The number of carbonyl (C=O) groups excluding carboxylic acids is 2. The second-order valence-electron chi connectivity index (χ2n) is 7.88. The lowest BCUT2D eigenvalue weighted by molar-refractivity contribution is 0.0542. The molecule has 31 heavy (non-hydrogen) atoms. The number of ether oxygens (including phenoxy) is 2. The minimum atomic E-state index is -1.31. The number of hydrogen-bond acceptors (Lipinski definition) is 6. The number of methoxy groups -OCH3 is 1. The van der Waals surface area contributed by atoms with Crippen LogP contribution in [0, 0.1) is 0 Å². The van der Waals surface area contributed by atoms with Gasteiger partial charge in [0.15, 0.2) is 0 Å². The molecular weight excluding hydrogens is 402 g/mol. The second-order valence-corrected chi connectivity index (χ2v) is 7.88. The van der Waals surface area contributed by atoms with Gasteiger partial charge in [-0.1, -0.05) is 30.3 Å². The summed E-state index contributed by atoms with van der Waals surface area (Å²) < 4.78 is 11.5. The van der Waals surface area contributed by atoms with Crippen molar-refractivity contribution in [3.8, 4) is 11.3 Å². The van der Waals surface area contributed by atoms with Crippen LogP contribution in [0.1, 0.15) is 47.1 Å². The van der Waals surface area contributed by atoms with Crippen LogP contribution >= 0.6 is 0 Å². The molecule has 0 radical (unpaired) electrons. The third kappa shape index (κ3) is 4.15. The Bertz CT molecular complexity index is 1170. The van der Waals surface area contributed by atoms with Crippen molar-refractivity contribution < 1.29 is 34.1 Å². The summed E-state index contributed by atoms with van der Waals surface area (Å²) in [4.78, 5) is 37.5. The van der Waals surface area contributed by atoms with E-state index in [0.717, 1.165) is 0 Å². The molecule has 0 atom stereocenters. The summed E-state index contributed by atoms with van der Waals surface area (Å²) in [5.74, 6) is -2.07. The van der Waals surface area contributed by atoms with E-state index in [1.165, 1.54) is 23.8 Å². The fraction of sp³-hybridized carbons (Fsp3) is 0.261. The zero-order valence-electron chi connectivity index (χ0n) is 17.6. The maximum Gasteiger partial charge on any atom is 0.419 e. The molecule has 1 heterocycles. The van der Waals surface area contributed by atoms with E-state index in [9.17, 15) is 24.6 Å². The standard InChI is InChI=1S/C23H23NO7/c1-23(2,3)31-22(29)24-17-11-14(21(28)30-4)10-15(20(26)27)18(17)16(12-25)19(24)13-8-6-5-7-9-13/h5-11,25H,12H2,1-4H3,(H,26,27). The lowest BCUT2D eigenvalue weighted by atomic mass is 10.00. The average Bonchev–Trinajstić information content (AvgIpc) is 3.06. The minimum absolute atomic E-state index is 0.0428. The molecule has 162 valence electrons. The molecule has 0 saturated carbocycles. The first kappa shape index (κ1) is 22.0. The van der Waals surface area contributed by atoms with E-state index < -0.39 is 30.2 Å². The fourth-order valence-corrected chi connectivity index (χ4v) is 3.45. The third-order valence-electron chi connectivity index (χ3n) is 4.60. The molecule has 8 nitrogen and oxygen atoms in total. The van der Waals surface area contributed by atoms with Crippen LogP contribution in [0.5, 0.6) is 0 Å². The number of carbonyl (C=O) groups is 3. The van der Waals surface area contributed by atoms with Crippen molar-refractivity contribution in [3.63, 3.8) is 0 Å². The number of rotatable bonds is 4. The van der Waals surface area contributed by atoms with E-state index in [4.69, 9.17) is 9.47 Å². The topological polar surface area (TPSA) is 115 Å². The number of benzene rings is 2. The smallest absolute Gasteiger partial charge is 0.419 e. The number of carboxylic acids is 1. The Kier molecular flexibility index (Phi) is 5.85. The first-order chi connectivity index (χ1) is 14.6. The molecule has 0 spiro atoms. The maximum atomic E-state index is 13.2. The van der Waals surface area contributed by atoms with E-state index in [1.54, 1.807) is 51.1 Å². The summed E-state index contributed by atoms with van der Waals surface area (Å²) >= 11 is 0. The summed E-state index contributed by atoms with van der Waals surface area (Å²) in [5, 5.41) is 20.2. The van der Waals surface area contributed by atoms with Gasteiger partial charge in [-0.3, -0.25) is 0 Å². The number of esters is 1. The van der Waals surface area contributed by atoms with Crippen LogP contribution in [0.15, 0.2) is 42.5 Å². The molecule has 0 fully saturated rings. The predicted octanol–water partition coefficient (Wildman–Crippen LogP) is 4.07. The van der Waals surface area contributed by atoms with Crippen molar-refractivity contribution in [1.82, 2.24) is 4.57 Å². The highest BCUT2D eigenvalue weighted by atomic mass is 16.6. The molecular formula is C23H23NO7. The summed E-state index contributed by atoms with van der Waals surface area (Å²) in [6, 6.07) is 11.3. The number of aromatic carboxylic acids is 1. The highest BCUT2D eigenvalue weighted by Crippen LogP contribution is 2.37. The maximum absolute atomic E-state index is 13.2. The second kappa shape index (κ2) is 8.23. The Labute approximate surface area is 178 Å². The van der Waals surface area contributed by atoms with Gasteiger partial charge in [0.2, 0.25) is 0 Å². The molecule has 1 aromatic heterocycles. The highest BCUT2D eigenvalue weighted by Gasteiger charge is 2.30. The molecule has 0 aliphatic heterocycles. The van der Waals surface area contributed by atoms with Crippen LogP contribution in [0.3, 0.4) is 0 Å². The zero-order chi connectivity index (χ0) is 22.9. The summed E-state index contributed by atoms with van der Waals surface area (Å²) in [6.45, 7) is 4.57. The van der Waals surface area contributed by atoms with Crippen molar-refractivity contribution in [2.45, 2.75) is 33.0 Å².